The van der Waals surface area contributed by atoms with Gasteiger partial charge in [-0.15, -0.1) is 0 Å². The van der Waals surface area contributed by atoms with Crippen LogP contribution in [0.5, 0.6) is 0 Å². The molecule has 4 nitrogen and oxygen atoms in total. The van der Waals surface area contributed by atoms with Crippen molar-refractivity contribution in [3.05, 3.63) is 236 Å². The summed E-state index contributed by atoms with van der Waals surface area (Å²) in [5, 5.41) is 13.1. The first kappa shape index (κ1) is 37.4. The molecule has 0 amide bonds. The molecule has 0 radical (unpaired) electrons. The summed E-state index contributed by atoms with van der Waals surface area (Å²) in [5.41, 5.74) is 16.2. The van der Waals surface area contributed by atoms with Crippen LogP contribution in [-0.4, -0.2) is 14.5 Å². The van der Waals surface area contributed by atoms with E-state index >= 15 is 0 Å². The number of hydrogen-bond acceptors (Lipinski definition) is 3. The van der Waals surface area contributed by atoms with Crippen LogP contribution >= 0.6 is 0 Å². The molecule has 0 aliphatic rings. The highest BCUT2D eigenvalue weighted by molar-refractivity contribution is 6.12. The fourth-order valence-corrected chi connectivity index (χ4v) is 8.86. The van der Waals surface area contributed by atoms with Crippen molar-refractivity contribution in [1.29, 1.82) is 5.26 Å². The van der Waals surface area contributed by atoms with Crippen molar-refractivity contribution in [3.8, 4) is 90.2 Å². The third-order valence-electron chi connectivity index (χ3n) is 11.9. The highest BCUT2D eigenvalue weighted by Crippen LogP contribution is 2.44. The van der Waals surface area contributed by atoms with Crippen LogP contribution in [0, 0.1) is 11.3 Å². The Balaban J connectivity index is 1.25. The van der Waals surface area contributed by atoms with Gasteiger partial charge >= 0.3 is 0 Å². The van der Waals surface area contributed by atoms with E-state index in [9.17, 15) is 5.26 Å². The highest BCUT2D eigenvalue weighted by Gasteiger charge is 2.24. The average Bonchev–Trinajstić information content (AvgIpc) is 3.70. The minimum Gasteiger partial charge on any atom is -0.309 e. The summed E-state index contributed by atoms with van der Waals surface area (Å²) < 4.78 is 2.43. The molecule has 0 fully saturated rings. The first-order chi connectivity index (χ1) is 31.2. The normalized spacial score (nSPS) is 11.2. The van der Waals surface area contributed by atoms with Gasteiger partial charge in [-0.25, -0.2) is 9.97 Å². The van der Waals surface area contributed by atoms with Crippen molar-refractivity contribution in [2.75, 3.05) is 0 Å². The quantitative estimate of drug-likeness (QED) is 0.154. The van der Waals surface area contributed by atoms with Gasteiger partial charge in [0.25, 0.3) is 0 Å². The second-order valence-electron chi connectivity index (χ2n) is 15.6. The first-order valence-corrected chi connectivity index (χ1v) is 21.1. The van der Waals surface area contributed by atoms with E-state index in [1.807, 2.05) is 66.7 Å². The van der Waals surface area contributed by atoms with E-state index in [0.29, 0.717) is 22.8 Å². The molecule has 9 aromatic carbocycles. The second kappa shape index (κ2) is 16.1. The van der Waals surface area contributed by atoms with E-state index < -0.39 is 0 Å². The van der Waals surface area contributed by atoms with Gasteiger partial charge in [-0.3, -0.25) is 0 Å². The zero-order valence-electron chi connectivity index (χ0n) is 34.2. The maximum absolute atomic E-state index is 10.8. The lowest BCUT2D eigenvalue weighted by molar-refractivity contribution is 1.16. The monoisotopic (exact) mass is 802 g/mol. The Morgan fingerprint density at radius 1 is 0.333 bits per heavy atom. The summed E-state index contributed by atoms with van der Waals surface area (Å²) in [6.07, 6.45) is 0. The molecule has 2 aromatic heterocycles. The number of nitriles is 1. The minimum absolute atomic E-state index is 0.437. The van der Waals surface area contributed by atoms with E-state index in [4.69, 9.17) is 9.97 Å². The molecule has 0 saturated heterocycles. The molecular weight excluding hydrogens is 765 g/mol. The molecule has 63 heavy (non-hydrogen) atoms. The zero-order valence-corrected chi connectivity index (χ0v) is 34.2. The largest absolute Gasteiger partial charge is 0.309 e. The summed E-state index contributed by atoms with van der Waals surface area (Å²) in [5.74, 6) is 0.538. The van der Waals surface area contributed by atoms with Gasteiger partial charge in [-0.05, 0) is 75.3 Å². The molecule has 0 spiro atoms. The molecule has 11 aromatic rings. The Labute approximate surface area is 366 Å². The van der Waals surface area contributed by atoms with Gasteiger partial charge in [-0.2, -0.15) is 5.26 Å². The minimum atomic E-state index is 0.437. The fraction of sp³-hybridized carbons (Fsp3) is 0. The maximum Gasteiger partial charge on any atom is 0.161 e. The van der Waals surface area contributed by atoms with Gasteiger partial charge in [-0.1, -0.05) is 194 Å². The second-order valence-corrected chi connectivity index (χ2v) is 15.6. The Kier molecular flexibility index (Phi) is 9.54. The van der Waals surface area contributed by atoms with Crippen molar-refractivity contribution < 1.29 is 0 Å². The molecule has 0 atom stereocenters. The number of fused-ring (bicyclic) bond motifs is 3. The number of aromatic nitrogens is 3. The third kappa shape index (κ3) is 6.85. The Hall–Kier alpha value is -8.65. The average molecular weight is 803 g/mol. The van der Waals surface area contributed by atoms with Gasteiger partial charge in [0.15, 0.2) is 5.82 Å². The molecule has 0 aliphatic carbocycles. The molecule has 0 aliphatic heterocycles. The van der Waals surface area contributed by atoms with E-state index in [1.165, 1.54) is 21.9 Å². The SMILES string of the molecule is N#Cc1c(-c2ccccc2)nc(-c2cc(-c3ccccc3)c(-n3c4ccc(-c5ccccc5)cc4c4cc(-c5ccccc5)ccc43)cc2-c2ccccc2)nc1-c1ccccc1. The van der Waals surface area contributed by atoms with Gasteiger partial charge < -0.3 is 4.57 Å². The van der Waals surface area contributed by atoms with Crippen LogP contribution in [0.15, 0.2) is 231 Å². The van der Waals surface area contributed by atoms with Crippen LogP contribution in [0.25, 0.3) is 106 Å². The van der Waals surface area contributed by atoms with Crippen LogP contribution in [0.3, 0.4) is 0 Å². The van der Waals surface area contributed by atoms with Crippen molar-refractivity contribution in [1.82, 2.24) is 14.5 Å². The predicted molar refractivity (Wildman–Crippen MR) is 259 cm³/mol. The van der Waals surface area contributed by atoms with Crippen molar-refractivity contribution in [2.45, 2.75) is 0 Å². The van der Waals surface area contributed by atoms with E-state index in [2.05, 4.69) is 174 Å². The zero-order chi connectivity index (χ0) is 42.1. The summed E-state index contributed by atoms with van der Waals surface area (Å²) in [6, 6.07) is 82.9. The van der Waals surface area contributed by atoms with Crippen LogP contribution < -0.4 is 0 Å². The number of rotatable bonds is 8. The third-order valence-corrected chi connectivity index (χ3v) is 11.9. The van der Waals surface area contributed by atoms with Crippen molar-refractivity contribution >= 4 is 21.8 Å². The number of nitrogens with zero attached hydrogens (tertiary/aromatic N) is 4. The molecule has 0 unspecified atom stereocenters. The molecule has 4 heteroatoms. The maximum atomic E-state index is 10.8. The van der Waals surface area contributed by atoms with Gasteiger partial charge in [0.2, 0.25) is 0 Å². The van der Waals surface area contributed by atoms with Crippen LogP contribution in [0.2, 0.25) is 0 Å². The van der Waals surface area contributed by atoms with Gasteiger partial charge in [0.1, 0.15) is 11.6 Å². The highest BCUT2D eigenvalue weighted by atomic mass is 15.0. The summed E-state index contributed by atoms with van der Waals surface area (Å²) in [6.45, 7) is 0. The summed E-state index contributed by atoms with van der Waals surface area (Å²) >= 11 is 0. The lowest BCUT2D eigenvalue weighted by Crippen LogP contribution is -2.04. The number of hydrogen-bond donors (Lipinski definition) is 0. The molecule has 2 heterocycles. The smallest absolute Gasteiger partial charge is 0.161 e. The van der Waals surface area contributed by atoms with Crippen molar-refractivity contribution in [3.63, 3.8) is 0 Å². The van der Waals surface area contributed by atoms with Crippen LogP contribution in [0.1, 0.15) is 5.56 Å². The lowest BCUT2D eigenvalue weighted by Gasteiger charge is -2.20. The topological polar surface area (TPSA) is 54.5 Å². The van der Waals surface area contributed by atoms with Crippen molar-refractivity contribution in [2.24, 2.45) is 0 Å². The van der Waals surface area contributed by atoms with Gasteiger partial charge in [0, 0.05) is 33.0 Å². The van der Waals surface area contributed by atoms with E-state index in [1.54, 1.807) is 0 Å². The summed E-state index contributed by atoms with van der Waals surface area (Å²) in [4.78, 5) is 10.6. The Morgan fingerprint density at radius 3 is 1.13 bits per heavy atom. The standard InChI is InChI=1S/C59H38N4/c60-39-53-57(44-27-15-5-16-28-44)61-59(62-58(53)45-29-17-6-18-30-45)52-37-49(43-25-13-4-14-26-43)56(38-48(52)42-23-11-3-12-24-42)63-54-33-31-46(40-19-7-1-8-20-40)35-50(54)51-36-47(32-34-55(51)63)41-21-9-2-10-22-41/h1-38H. The molecule has 0 bridgehead atoms. The van der Waals surface area contributed by atoms with E-state index in [0.717, 1.165) is 66.8 Å². The summed E-state index contributed by atoms with van der Waals surface area (Å²) in [7, 11) is 0. The van der Waals surface area contributed by atoms with Crippen LogP contribution in [-0.2, 0) is 0 Å². The van der Waals surface area contributed by atoms with E-state index in [-0.39, 0.29) is 0 Å². The van der Waals surface area contributed by atoms with Gasteiger partial charge in [0.05, 0.1) is 28.1 Å². The molecule has 11 rings (SSSR count). The Morgan fingerprint density at radius 2 is 0.714 bits per heavy atom. The first-order valence-electron chi connectivity index (χ1n) is 21.1. The van der Waals surface area contributed by atoms with Crippen LogP contribution in [0.4, 0.5) is 0 Å². The predicted octanol–water partition coefficient (Wildman–Crippen LogP) is 15.1. The molecule has 0 N–H and O–H groups in total. The molecular formula is C59H38N4. The Bertz CT molecular complexity index is 3310. The lowest BCUT2D eigenvalue weighted by atomic mass is 9.92. The molecule has 294 valence electrons. The fourth-order valence-electron chi connectivity index (χ4n) is 8.86. The number of benzene rings is 9. The molecule has 0 saturated carbocycles.